The molecular weight excluding hydrogens is 456 g/mol. The Balaban J connectivity index is 1.42. The van der Waals surface area contributed by atoms with Gasteiger partial charge >= 0.3 is 0 Å². The molecule has 4 atom stereocenters. The summed E-state index contributed by atoms with van der Waals surface area (Å²) in [5.41, 5.74) is 8.11. The molecule has 1 amide bonds. The van der Waals surface area contributed by atoms with E-state index in [1.165, 1.54) is 0 Å². The molecule has 1 saturated heterocycles. The van der Waals surface area contributed by atoms with Gasteiger partial charge in [0.25, 0.3) is 0 Å². The molecule has 2 aliphatic rings. The highest BCUT2D eigenvalue weighted by atomic mass is 16.5. The van der Waals surface area contributed by atoms with Crippen molar-refractivity contribution in [2.45, 2.75) is 39.4 Å². The van der Waals surface area contributed by atoms with Crippen molar-refractivity contribution >= 4 is 45.7 Å². The molecule has 2 fully saturated rings. The lowest BCUT2D eigenvalue weighted by molar-refractivity contribution is -0.117. The van der Waals surface area contributed by atoms with Gasteiger partial charge in [-0.1, -0.05) is 6.92 Å². The lowest BCUT2D eigenvalue weighted by atomic mass is 10.1. The Morgan fingerprint density at radius 1 is 1.08 bits per heavy atom. The molecule has 36 heavy (non-hydrogen) atoms. The molecule has 0 aromatic carbocycles. The van der Waals surface area contributed by atoms with Crippen molar-refractivity contribution in [2.75, 3.05) is 35.7 Å². The quantitative estimate of drug-likeness (QED) is 0.356. The van der Waals surface area contributed by atoms with Crippen LogP contribution in [0.2, 0.25) is 0 Å². The smallest absolute Gasteiger partial charge is 0.228 e. The van der Waals surface area contributed by atoms with E-state index in [1.54, 1.807) is 19.4 Å². The Kier molecular flexibility index (Phi) is 6.44. The van der Waals surface area contributed by atoms with E-state index in [0.29, 0.717) is 28.9 Å². The Labute approximate surface area is 210 Å². The van der Waals surface area contributed by atoms with E-state index >= 15 is 0 Å². The standard InChI is InChI=1S/C26H32N8O2/c1-14-7-18(14)26(35)33-23-8-19-20(10-31-25(28-4)21(19)11-30-23)24(27)32-22-6-5-17(9-29-22)34-12-15(2)36-16(3)13-34/h5-6,8-11,14-16,18H,7,12-13H2,1-4H3,(H,28,31)(H2,27,29,32)(H,30,33,35)/t14-,15-,16+,18+/m1/s1. The largest absolute Gasteiger partial charge is 0.383 e. The van der Waals surface area contributed by atoms with Crippen molar-refractivity contribution in [3.63, 3.8) is 0 Å². The molecule has 4 heterocycles. The molecule has 0 bridgehead atoms. The maximum Gasteiger partial charge on any atom is 0.228 e. The van der Waals surface area contributed by atoms with Crippen LogP contribution in [-0.4, -0.2) is 59.0 Å². The maximum absolute atomic E-state index is 12.4. The topological polar surface area (TPSA) is 131 Å². The number of carbonyl (C=O) groups excluding carboxylic acids is 1. The molecule has 4 N–H and O–H groups in total. The zero-order valence-electron chi connectivity index (χ0n) is 21.0. The number of hydrogen-bond acceptors (Lipinski definition) is 8. The minimum absolute atomic E-state index is 0.00576. The summed E-state index contributed by atoms with van der Waals surface area (Å²) in [6.07, 6.45) is 6.42. The van der Waals surface area contributed by atoms with Gasteiger partial charge in [-0.05, 0) is 44.4 Å². The summed E-state index contributed by atoms with van der Waals surface area (Å²) >= 11 is 0. The molecular formula is C26H32N8O2. The monoisotopic (exact) mass is 488 g/mol. The fraction of sp³-hybridized carbons (Fsp3) is 0.423. The van der Waals surface area contributed by atoms with Gasteiger partial charge in [-0.15, -0.1) is 0 Å². The average molecular weight is 489 g/mol. The summed E-state index contributed by atoms with van der Waals surface area (Å²) in [7, 11) is 1.80. The second kappa shape index (κ2) is 9.69. The predicted octanol–water partition coefficient (Wildman–Crippen LogP) is 3.31. The number of hydrogen-bond donors (Lipinski definition) is 3. The van der Waals surface area contributed by atoms with Crippen LogP contribution in [0, 0.1) is 11.8 Å². The van der Waals surface area contributed by atoms with E-state index in [2.05, 4.69) is 56.2 Å². The van der Waals surface area contributed by atoms with E-state index in [1.807, 2.05) is 24.4 Å². The summed E-state index contributed by atoms with van der Waals surface area (Å²) in [6.45, 7) is 7.86. The Hall–Kier alpha value is -3.79. The van der Waals surface area contributed by atoms with E-state index in [-0.39, 0.29) is 29.9 Å². The van der Waals surface area contributed by atoms with E-state index < -0.39 is 0 Å². The number of pyridine rings is 3. The molecule has 3 aromatic rings. The number of nitrogens with zero attached hydrogens (tertiary/aromatic N) is 5. The maximum atomic E-state index is 12.4. The number of amidine groups is 1. The minimum Gasteiger partial charge on any atom is -0.383 e. The third kappa shape index (κ3) is 4.94. The molecule has 0 spiro atoms. The summed E-state index contributed by atoms with van der Waals surface area (Å²) in [5, 5.41) is 7.58. The van der Waals surface area contributed by atoms with Crippen LogP contribution in [0.3, 0.4) is 0 Å². The first-order chi connectivity index (χ1) is 17.3. The number of aliphatic imine (C=N–C) groups is 1. The van der Waals surface area contributed by atoms with Gasteiger partial charge in [0.05, 0.1) is 24.1 Å². The van der Waals surface area contributed by atoms with E-state index in [9.17, 15) is 4.79 Å². The van der Waals surface area contributed by atoms with Crippen LogP contribution in [0.15, 0.2) is 41.8 Å². The summed E-state index contributed by atoms with van der Waals surface area (Å²) < 4.78 is 5.83. The number of carbonyl (C=O) groups is 1. The lowest BCUT2D eigenvalue weighted by Gasteiger charge is -2.36. The van der Waals surface area contributed by atoms with Crippen molar-refractivity contribution in [2.24, 2.45) is 22.6 Å². The average Bonchev–Trinajstić information content (AvgIpc) is 3.59. The first-order valence-corrected chi connectivity index (χ1v) is 12.3. The second-order valence-electron chi connectivity index (χ2n) is 9.73. The number of anilines is 3. The van der Waals surface area contributed by atoms with Gasteiger partial charge in [-0.3, -0.25) is 4.79 Å². The number of nitrogens with one attached hydrogen (secondary N) is 2. The van der Waals surface area contributed by atoms with Gasteiger partial charge in [0.15, 0.2) is 5.82 Å². The summed E-state index contributed by atoms with van der Waals surface area (Å²) in [4.78, 5) is 32.7. The number of nitrogens with two attached hydrogens (primary N) is 1. The fourth-order valence-corrected chi connectivity index (χ4v) is 4.72. The molecule has 10 heteroatoms. The van der Waals surface area contributed by atoms with Crippen LogP contribution < -0.4 is 21.3 Å². The summed E-state index contributed by atoms with van der Waals surface area (Å²) in [5.74, 6) is 2.39. The van der Waals surface area contributed by atoms with E-state index in [0.717, 1.165) is 36.0 Å². The first kappa shape index (κ1) is 23.9. The number of fused-ring (bicyclic) bond motifs is 1. The molecule has 10 nitrogen and oxygen atoms in total. The third-order valence-corrected chi connectivity index (χ3v) is 6.73. The zero-order valence-corrected chi connectivity index (χ0v) is 21.0. The van der Waals surface area contributed by atoms with Crippen molar-refractivity contribution in [3.8, 4) is 0 Å². The van der Waals surface area contributed by atoms with Gasteiger partial charge < -0.3 is 26.0 Å². The number of morpholine rings is 1. The van der Waals surface area contributed by atoms with Crippen LogP contribution in [-0.2, 0) is 9.53 Å². The highest BCUT2D eigenvalue weighted by molar-refractivity contribution is 6.12. The molecule has 1 aliphatic carbocycles. The lowest BCUT2D eigenvalue weighted by Crippen LogP contribution is -2.45. The molecule has 1 aliphatic heterocycles. The third-order valence-electron chi connectivity index (χ3n) is 6.73. The molecule has 5 rings (SSSR count). The van der Waals surface area contributed by atoms with Crippen molar-refractivity contribution < 1.29 is 9.53 Å². The van der Waals surface area contributed by atoms with Crippen LogP contribution >= 0.6 is 0 Å². The van der Waals surface area contributed by atoms with Crippen LogP contribution in [0.5, 0.6) is 0 Å². The van der Waals surface area contributed by atoms with Crippen molar-refractivity contribution in [1.29, 1.82) is 0 Å². The molecule has 0 radical (unpaired) electrons. The molecule has 1 saturated carbocycles. The van der Waals surface area contributed by atoms with Gasteiger partial charge in [0.2, 0.25) is 5.91 Å². The number of rotatable bonds is 6. The molecule has 0 unspecified atom stereocenters. The first-order valence-electron chi connectivity index (χ1n) is 12.3. The highest BCUT2D eigenvalue weighted by Gasteiger charge is 2.39. The Morgan fingerprint density at radius 3 is 2.47 bits per heavy atom. The highest BCUT2D eigenvalue weighted by Crippen LogP contribution is 2.38. The van der Waals surface area contributed by atoms with Gasteiger partial charge in [-0.25, -0.2) is 19.9 Å². The van der Waals surface area contributed by atoms with Crippen LogP contribution in [0.4, 0.5) is 23.1 Å². The zero-order chi connectivity index (χ0) is 25.4. The summed E-state index contributed by atoms with van der Waals surface area (Å²) in [6, 6.07) is 5.67. The normalized spacial score (nSPS) is 24.0. The van der Waals surface area contributed by atoms with Crippen LogP contribution in [0.25, 0.3) is 10.8 Å². The second-order valence-corrected chi connectivity index (χ2v) is 9.73. The van der Waals surface area contributed by atoms with Crippen LogP contribution in [0.1, 0.15) is 32.8 Å². The molecule has 3 aromatic heterocycles. The van der Waals surface area contributed by atoms with E-state index in [4.69, 9.17) is 10.5 Å². The molecule has 188 valence electrons. The Bertz CT molecular complexity index is 1300. The number of ether oxygens (including phenoxy) is 1. The predicted molar refractivity (Wildman–Crippen MR) is 142 cm³/mol. The van der Waals surface area contributed by atoms with Crippen molar-refractivity contribution in [1.82, 2.24) is 15.0 Å². The van der Waals surface area contributed by atoms with Gasteiger partial charge in [0, 0.05) is 54.8 Å². The van der Waals surface area contributed by atoms with Crippen molar-refractivity contribution in [3.05, 3.63) is 42.4 Å². The number of aromatic nitrogens is 3. The SMILES string of the molecule is CNc1ncc(C(N)=Nc2ccc(N3C[C@@H](C)O[C@@H](C)C3)cn2)c2cc(NC(=O)[C@H]3C[C@H]3C)ncc12. The minimum atomic E-state index is -0.00576. The van der Waals surface area contributed by atoms with Gasteiger partial charge in [0.1, 0.15) is 17.5 Å². The number of amides is 1. The Morgan fingerprint density at radius 2 is 1.83 bits per heavy atom. The van der Waals surface area contributed by atoms with Gasteiger partial charge in [-0.2, -0.15) is 0 Å². The fourth-order valence-electron chi connectivity index (χ4n) is 4.72.